The normalized spacial score (nSPS) is 28.4. The van der Waals surface area contributed by atoms with Crippen LogP contribution in [0.1, 0.15) is 25.7 Å². The summed E-state index contributed by atoms with van der Waals surface area (Å²) < 4.78 is 0. The lowest BCUT2D eigenvalue weighted by molar-refractivity contribution is 0.176. The molecule has 0 radical (unpaired) electrons. The summed E-state index contributed by atoms with van der Waals surface area (Å²) in [6, 6.07) is 0. The predicted molar refractivity (Wildman–Crippen MR) is 55.9 cm³/mol. The molecule has 0 aromatic heterocycles. The summed E-state index contributed by atoms with van der Waals surface area (Å²) in [6.07, 6.45) is 5.72. The number of piperidine rings is 1. The smallest absolute Gasteiger partial charge is 0.00106 e. The van der Waals surface area contributed by atoms with E-state index >= 15 is 0 Å². The molecule has 2 fully saturated rings. The SMILES string of the molecule is CN1CCC(CN2CCCC2)CC1. The number of hydrogen-bond donors (Lipinski definition) is 0. The third-order valence-electron chi connectivity index (χ3n) is 3.55. The molecule has 0 aromatic carbocycles. The Balaban J connectivity index is 1.69. The monoisotopic (exact) mass is 182 g/mol. The van der Waals surface area contributed by atoms with E-state index in [-0.39, 0.29) is 0 Å². The number of likely N-dealkylation sites (tertiary alicyclic amines) is 2. The molecule has 0 aliphatic carbocycles. The molecule has 0 N–H and O–H groups in total. The van der Waals surface area contributed by atoms with E-state index in [0.29, 0.717) is 0 Å². The van der Waals surface area contributed by atoms with E-state index in [1.807, 2.05) is 0 Å². The van der Waals surface area contributed by atoms with Crippen LogP contribution in [0.25, 0.3) is 0 Å². The maximum absolute atomic E-state index is 2.66. The Kier molecular flexibility index (Phi) is 3.23. The van der Waals surface area contributed by atoms with E-state index in [0.717, 1.165) is 5.92 Å². The van der Waals surface area contributed by atoms with Crippen LogP contribution in [0.5, 0.6) is 0 Å². The molecule has 0 aromatic rings. The first-order valence-electron chi connectivity index (χ1n) is 5.75. The van der Waals surface area contributed by atoms with Gasteiger partial charge in [-0.05, 0) is 64.8 Å². The van der Waals surface area contributed by atoms with Gasteiger partial charge in [0.1, 0.15) is 0 Å². The highest BCUT2D eigenvalue weighted by atomic mass is 15.1. The van der Waals surface area contributed by atoms with Gasteiger partial charge in [0.25, 0.3) is 0 Å². The Morgan fingerprint density at radius 1 is 1.00 bits per heavy atom. The molecule has 76 valence electrons. The lowest BCUT2D eigenvalue weighted by atomic mass is 9.97. The van der Waals surface area contributed by atoms with Crippen LogP contribution in [0.2, 0.25) is 0 Å². The molecule has 2 nitrogen and oxygen atoms in total. The third-order valence-corrected chi connectivity index (χ3v) is 3.55. The molecule has 2 aliphatic rings. The Labute approximate surface area is 81.9 Å². The fourth-order valence-corrected chi connectivity index (χ4v) is 2.57. The van der Waals surface area contributed by atoms with Gasteiger partial charge >= 0.3 is 0 Å². The average molecular weight is 182 g/mol. The average Bonchev–Trinajstić information content (AvgIpc) is 2.62. The Morgan fingerprint density at radius 3 is 2.23 bits per heavy atom. The van der Waals surface area contributed by atoms with E-state index in [1.165, 1.54) is 58.4 Å². The molecule has 2 rings (SSSR count). The minimum Gasteiger partial charge on any atom is -0.306 e. The lowest BCUT2D eigenvalue weighted by Crippen LogP contribution is -2.36. The summed E-state index contributed by atoms with van der Waals surface area (Å²) in [5, 5.41) is 0. The number of rotatable bonds is 2. The van der Waals surface area contributed by atoms with Crippen molar-refractivity contribution in [2.45, 2.75) is 25.7 Å². The second-order valence-electron chi connectivity index (χ2n) is 4.75. The van der Waals surface area contributed by atoms with Crippen LogP contribution in [0.4, 0.5) is 0 Å². The van der Waals surface area contributed by atoms with Crippen molar-refractivity contribution >= 4 is 0 Å². The van der Waals surface area contributed by atoms with Gasteiger partial charge in [0.15, 0.2) is 0 Å². The van der Waals surface area contributed by atoms with Gasteiger partial charge in [-0.3, -0.25) is 0 Å². The molecule has 0 saturated carbocycles. The fourth-order valence-electron chi connectivity index (χ4n) is 2.57. The topological polar surface area (TPSA) is 6.48 Å². The lowest BCUT2D eigenvalue weighted by Gasteiger charge is -2.31. The Morgan fingerprint density at radius 2 is 1.62 bits per heavy atom. The van der Waals surface area contributed by atoms with E-state index in [2.05, 4.69) is 16.8 Å². The fraction of sp³-hybridized carbons (Fsp3) is 1.00. The van der Waals surface area contributed by atoms with Crippen LogP contribution in [-0.2, 0) is 0 Å². The number of hydrogen-bond acceptors (Lipinski definition) is 2. The molecule has 2 heterocycles. The molecule has 0 amide bonds. The maximum atomic E-state index is 2.66. The van der Waals surface area contributed by atoms with Crippen molar-refractivity contribution < 1.29 is 0 Å². The van der Waals surface area contributed by atoms with Crippen molar-refractivity contribution in [2.75, 3.05) is 39.8 Å². The Hall–Kier alpha value is -0.0800. The zero-order valence-corrected chi connectivity index (χ0v) is 8.84. The molecular formula is C11H22N2. The van der Waals surface area contributed by atoms with Crippen molar-refractivity contribution in [3.05, 3.63) is 0 Å². The van der Waals surface area contributed by atoms with Crippen molar-refractivity contribution in [1.29, 1.82) is 0 Å². The summed E-state index contributed by atoms with van der Waals surface area (Å²) >= 11 is 0. The molecule has 2 saturated heterocycles. The van der Waals surface area contributed by atoms with Gasteiger partial charge in [-0.15, -0.1) is 0 Å². The standard InChI is InChI=1S/C11H22N2/c1-12-8-4-11(5-9-12)10-13-6-2-3-7-13/h11H,2-10H2,1H3. The molecule has 2 aliphatic heterocycles. The minimum absolute atomic E-state index is 0.995. The second-order valence-corrected chi connectivity index (χ2v) is 4.75. The minimum atomic E-state index is 0.995. The first-order chi connectivity index (χ1) is 6.34. The molecule has 0 atom stereocenters. The largest absolute Gasteiger partial charge is 0.306 e. The highest BCUT2D eigenvalue weighted by Crippen LogP contribution is 2.19. The van der Waals surface area contributed by atoms with Gasteiger partial charge in [0, 0.05) is 6.54 Å². The van der Waals surface area contributed by atoms with Crippen molar-refractivity contribution in [1.82, 2.24) is 9.80 Å². The van der Waals surface area contributed by atoms with Gasteiger partial charge < -0.3 is 9.80 Å². The van der Waals surface area contributed by atoms with Crippen LogP contribution in [0.15, 0.2) is 0 Å². The molecule has 2 heteroatoms. The summed E-state index contributed by atoms with van der Waals surface area (Å²) in [7, 11) is 2.24. The van der Waals surface area contributed by atoms with Crippen molar-refractivity contribution in [3.8, 4) is 0 Å². The van der Waals surface area contributed by atoms with Crippen LogP contribution in [0.3, 0.4) is 0 Å². The van der Waals surface area contributed by atoms with Gasteiger partial charge in [-0.25, -0.2) is 0 Å². The van der Waals surface area contributed by atoms with Crippen molar-refractivity contribution in [2.24, 2.45) is 5.92 Å². The van der Waals surface area contributed by atoms with Crippen LogP contribution < -0.4 is 0 Å². The second kappa shape index (κ2) is 4.43. The zero-order chi connectivity index (χ0) is 9.10. The summed E-state index contributed by atoms with van der Waals surface area (Å²) in [6.45, 7) is 6.75. The first kappa shape index (κ1) is 9.47. The summed E-state index contributed by atoms with van der Waals surface area (Å²) in [5.74, 6) is 0.995. The first-order valence-corrected chi connectivity index (χ1v) is 5.75. The number of nitrogens with zero attached hydrogens (tertiary/aromatic N) is 2. The molecule has 0 unspecified atom stereocenters. The maximum Gasteiger partial charge on any atom is 0.00106 e. The van der Waals surface area contributed by atoms with E-state index in [9.17, 15) is 0 Å². The van der Waals surface area contributed by atoms with Gasteiger partial charge in [-0.1, -0.05) is 0 Å². The van der Waals surface area contributed by atoms with E-state index in [4.69, 9.17) is 0 Å². The van der Waals surface area contributed by atoms with Crippen LogP contribution >= 0.6 is 0 Å². The predicted octanol–water partition coefficient (Wildman–Crippen LogP) is 1.42. The highest BCUT2D eigenvalue weighted by Gasteiger charge is 2.20. The quantitative estimate of drug-likeness (QED) is 0.637. The molecule has 13 heavy (non-hydrogen) atoms. The molecular weight excluding hydrogens is 160 g/mol. The molecule has 0 bridgehead atoms. The van der Waals surface area contributed by atoms with Crippen molar-refractivity contribution in [3.63, 3.8) is 0 Å². The third kappa shape index (κ3) is 2.68. The zero-order valence-electron chi connectivity index (χ0n) is 8.84. The van der Waals surface area contributed by atoms with Gasteiger partial charge in [-0.2, -0.15) is 0 Å². The molecule has 0 spiro atoms. The Bertz CT molecular complexity index is 144. The highest BCUT2D eigenvalue weighted by molar-refractivity contribution is 4.75. The van der Waals surface area contributed by atoms with E-state index < -0.39 is 0 Å². The summed E-state index contributed by atoms with van der Waals surface area (Å²) in [5.41, 5.74) is 0. The van der Waals surface area contributed by atoms with Gasteiger partial charge in [0.2, 0.25) is 0 Å². The van der Waals surface area contributed by atoms with Crippen LogP contribution in [0, 0.1) is 5.92 Å². The summed E-state index contributed by atoms with van der Waals surface area (Å²) in [4.78, 5) is 5.12. The van der Waals surface area contributed by atoms with Crippen LogP contribution in [-0.4, -0.2) is 49.6 Å². The van der Waals surface area contributed by atoms with Gasteiger partial charge in [0.05, 0.1) is 0 Å². The van der Waals surface area contributed by atoms with E-state index in [1.54, 1.807) is 0 Å².